The number of nitrogens with zero attached hydrogens (tertiary/aromatic N) is 3. The Labute approximate surface area is 138 Å². The predicted molar refractivity (Wildman–Crippen MR) is 89.3 cm³/mol. The number of thioether (sulfide) groups is 1. The fraction of sp³-hybridized carbons (Fsp3) is 0.333. The standard InChI is InChI=1S/C15H19N5O2S/c1-10-5-4-6-11(2)14(10)18-12(21)7-20(3)13(22)8-23-15-16-9-17-19-15/h4-6,9H,7-8H2,1-3H3,(H,18,21)(H,16,17,19). The van der Waals surface area contributed by atoms with Gasteiger partial charge < -0.3 is 10.2 Å². The lowest BCUT2D eigenvalue weighted by atomic mass is 10.1. The number of carbonyl (C=O) groups is 2. The van der Waals surface area contributed by atoms with Crippen LogP contribution in [-0.4, -0.2) is 51.2 Å². The van der Waals surface area contributed by atoms with E-state index in [0.29, 0.717) is 5.16 Å². The number of amides is 2. The Bertz CT molecular complexity index is 667. The van der Waals surface area contributed by atoms with Gasteiger partial charge >= 0.3 is 0 Å². The molecule has 0 fully saturated rings. The molecule has 0 radical (unpaired) electrons. The van der Waals surface area contributed by atoms with Crippen LogP contribution in [0.1, 0.15) is 11.1 Å². The Hall–Kier alpha value is -2.35. The second-order valence-corrected chi connectivity index (χ2v) is 6.11. The summed E-state index contributed by atoms with van der Waals surface area (Å²) in [4.78, 5) is 29.5. The minimum Gasteiger partial charge on any atom is -0.336 e. The van der Waals surface area contributed by atoms with Crippen LogP contribution in [0.25, 0.3) is 0 Å². The molecule has 0 bridgehead atoms. The van der Waals surface area contributed by atoms with Gasteiger partial charge in [-0.25, -0.2) is 4.98 Å². The number of anilines is 1. The van der Waals surface area contributed by atoms with Crippen molar-refractivity contribution in [1.82, 2.24) is 20.1 Å². The average molecular weight is 333 g/mol. The molecular formula is C15H19N5O2S. The number of rotatable bonds is 6. The molecule has 0 aliphatic carbocycles. The van der Waals surface area contributed by atoms with Crippen molar-refractivity contribution in [2.75, 3.05) is 24.7 Å². The van der Waals surface area contributed by atoms with Crippen LogP contribution in [0.4, 0.5) is 5.69 Å². The van der Waals surface area contributed by atoms with Gasteiger partial charge in [0, 0.05) is 12.7 Å². The van der Waals surface area contributed by atoms with E-state index in [1.165, 1.54) is 23.0 Å². The second kappa shape index (κ2) is 7.77. The van der Waals surface area contributed by atoms with Gasteiger partial charge in [-0.2, -0.15) is 5.10 Å². The SMILES string of the molecule is Cc1cccc(C)c1NC(=O)CN(C)C(=O)CSc1ncn[nH]1. The average Bonchev–Trinajstić information content (AvgIpc) is 3.02. The molecule has 1 aromatic carbocycles. The van der Waals surface area contributed by atoms with E-state index in [-0.39, 0.29) is 24.1 Å². The molecular weight excluding hydrogens is 314 g/mol. The lowest BCUT2D eigenvalue weighted by molar-refractivity contribution is -0.131. The first kappa shape index (κ1) is 17.0. The van der Waals surface area contributed by atoms with Gasteiger partial charge in [-0.05, 0) is 25.0 Å². The molecule has 0 aliphatic heterocycles. The number of likely N-dealkylation sites (N-methyl/N-ethyl adjacent to an activating group) is 1. The van der Waals surface area contributed by atoms with Crippen LogP contribution in [0.3, 0.4) is 0 Å². The van der Waals surface area contributed by atoms with Gasteiger partial charge in [0.25, 0.3) is 0 Å². The van der Waals surface area contributed by atoms with Crippen LogP contribution in [-0.2, 0) is 9.59 Å². The Morgan fingerprint density at radius 3 is 2.61 bits per heavy atom. The predicted octanol–water partition coefficient (Wildman–Crippen LogP) is 1.61. The Kier molecular flexibility index (Phi) is 5.75. The fourth-order valence-corrected chi connectivity index (χ4v) is 2.72. The zero-order valence-electron chi connectivity index (χ0n) is 13.3. The molecule has 2 aromatic rings. The molecule has 0 saturated carbocycles. The third-order valence-electron chi connectivity index (χ3n) is 3.28. The highest BCUT2D eigenvalue weighted by Crippen LogP contribution is 2.19. The van der Waals surface area contributed by atoms with Crippen LogP contribution >= 0.6 is 11.8 Å². The first-order valence-electron chi connectivity index (χ1n) is 7.05. The molecule has 0 atom stereocenters. The number of para-hydroxylation sites is 1. The third-order valence-corrected chi connectivity index (χ3v) is 4.14. The van der Waals surface area contributed by atoms with Crippen LogP contribution < -0.4 is 5.32 Å². The van der Waals surface area contributed by atoms with Gasteiger partial charge in [-0.3, -0.25) is 14.7 Å². The minimum atomic E-state index is -0.220. The van der Waals surface area contributed by atoms with Crippen LogP contribution in [0.2, 0.25) is 0 Å². The monoisotopic (exact) mass is 333 g/mol. The van der Waals surface area contributed by atoms with Gasteiger partial charge in [0.2, 0.25) is 11.8 Å². The maximum atomic E-state index is 12.1. The number of benzene rings is 1. The molecule has 2 rings (SSSR count). The van der Waals surface area contributed by atoms with E-state index >= 15 is 0 Å². The van der Waals surface area contributed by atoms with E-state index in [9.17, 15) is 9.59 Å². The summed E-state index contributed by atoms with van der Waals surface area (Å²) in [5.41, 5.74) is 2.79. The van der Waals surface area contributed by atoms with Crippen molar-refractivity contribution in [2.45, 2.75) is 19.0 Å². The number of nitrogens with one attached hydrogen (secondary N) is 2. The maximum absolute atomic E-state index is 12.1. The highest BCUT2D eigenvalue weighted by Gasteiger charge is 2.15. The molecule has 8 heteroatoms. The lowest BCUT2D eigenvalue weighted by Gasteiger charge is -2.17. The van der Waals surface area contributed by atoms with Gasteiger partial charge in [0.05, 0.1) is 12.3 Å². The quantitative estimate of drug-likeness (QED) is 0.784. The van der Waals surface area contributed by atoms with Gasteiger partial charge in [-0.15, -0.1) is 0 Å². The topological polar surface area (TPSA) is 91.0 Å². The zero-order valence-corrected chi connectivity index (χ0v) is 14.1. The largest absolute Gasteiger partial charge is 0.336 e. The number of hydrogen-bond acceptors (Lipinski definition) is 5. The van der Waals surface area contributed by atoms with E-state index < -0.39 is 0 Å². The number of H-pyrrole nitrogens is 1. The van der Waals surface area contributed by atoms with Crippen LogP contribution in [0.5, 0.6) is 0 Å². The Morgan fingerprint density at radius 1 is 1.30 bits per heavy atom. The van der Waals surface area contributed by atoms with Gasteiger partial charge in [0.15, 0.2) is 5.16 Å². The zero-order chi connectivity index (χ0) is 16.8. The van der Waals surface area contributed by atoms with Crippen molar-refractivity contribution in [2.24, 2.45) is 0 Å². The molecule has 1 heterocycles. The van der Waals surface area contributed by atoms with Crippen molar-refractivity contribution in [3.8, 4) is 0 Å². The molecule has 0 saturated heterocycles. The fourth-order valence-electron chi connectivity index (χ4n) is 2.00. The van der Waals surface area contributed by atoms with Crippen molar-refractivity contribution >= 4 is 29.3 Å². The van der Waals surface area contributed by atoms with E-state index in [2.05, 4.69) is 20.5 Å². The second-order valence-electron chi connectivity index (χ2n) is 5.14. The molecule has 7 nitrogen and oxygen atoms in total. The third kappa shape index (κ3) is 4.82. The first-order chi connectivity index (χ1) is 11.0. The summed E-state index contributed by atoms with van der Waals surface area (Å²) in [6.45, 7) is 3.88. The molecule has 2 N–H and O–H groups in total. The summed E-state index contributed by atoms with van der Waals surface area (Å²) in [7, 11) is 1.60. The van der Waals surface area contributed by atoms with E-state index in [0.717, 1.165) is 16.8 Å². The van der Waals surface area contributed by atoms with Crippen molar-refractivity contribution < 1.29 is 9.59 Å². The maximum Gasteiger partial charge on any atom is 0.243 e. The van der Waals surface area contributed by atoms with Crippen LogP contribution in [0, 0.1) is 13.8 Å². The number of carbonyl (C=O) groups excluding carboxylic acids is 2. The molecule has 122 valence electrons. The molecule has 0 unspecified atom stereocenters. The molecule has 0 spiro atoms. The molecule has 23 heavy (non-hydrogen) atoms. The number of aryl methyl sites for hydroxylation is 2. The molecule has 0 aliphatic rings. The number of hydrogen-bond donors (Lipinski definition) is 2. The summed E-state index contributed by atoms with van der Waals surface area (Å²) in [5.74, 6) is -0.173. The lowest BCUT2D eigenvalue weighted by Crippen LogP contribution is -2.36. The van der Waals surface area contributed by atoms with Crippen molar-refractivity contribution in [3.63, 3.8) is 0 Å². The number of aromatic amines is 1. The normalized spacial score (nSPS) is 10.4. The molecule has 2 amide bonds. The summed E-state index contributed by atoms with van der Waals surface area (Å²) in [5, 5.41) is 9.82. The first-order valence-corrected chi connectivity index (χ1v) is 8.04. The van der Waals surface area contributed by atoms with E-state index in [4.69, 9.17) is 0 Å². The minimum absolute atomic E-state index is 0.00354. The van der Waals surface area contributed by atoms with E-state index in [1.54, 1.807) is 7.05 Å². The van der Waals surface area contributed by atoms with Crippen LogP contribution in [0.15, 0.2) is 29.7 Å². The Morgan fingerprint density at radius 2 is 2.00 bits per heavy atom. The van der Waals surface area contributed by atoms with E-state index in [1.807, 2.05) is 32.0 Å². The van der Waals surface area contributed by atoms with Crippen molar-refractivity contribution in [3.05, 3.63) is 35.7 Å². The summed E-state index contributed by atoms with van der Waals surface area (Å²) >= 11 is 1.25. The smallest absolute Gasteiger partial charge is 0.243 e. The number of aromatic nitrogens is 3. The summed E-state index contributed by atoms with van der Waals surface area (Å²) in [6, 6.07) is 5.81. The highest BCUT2D eigenvalue weighted by molar-refractivity contribution is 7.99. The summed E-state index contributed by atoms with van der Waals surface area (Å²) < 4.78 is 0. The highest BCUT2D eigenvalue weighted by atomic mass is 32.2. The molecule has 1 aromatic heterocycles. The van der Waals surface area contributed by atoms with Crippen molar-refractivity contribution in [1.29, 1.82) is 0 Å². The van der Waals surface area contributed by atoms with Gasteiger partial charge in [-0.1, -0.05) is 30.0 Å². The van der Waals surface area contributed by atoms with Gasteiger partial charge in [0.1, 0.15) is 6.33 Å². The summed E-state index contributed by atoms with van der Waals surface area (Å²) in [6.07, 6.45) is 1.38. The Balaban J connectivity index is 1.85.